The summed E-state index contributed by atoms with van der Waals surface area (Å²) in [4.78, 5) is 19.8. The van der Waals surface area contributed by atoms with E-state index >= 15 is 0 Å². The van der Waals surface area contributed by atoms with Crippen LogP contribution in [0.25, 0.3) is 0 Å². The molecule has 0 radical (unpaired) electrons. The van der Waals surface area contributed by atoms with Gasteiger partial charge in [0.1, 0.15) is 0 Å². The third kappa shape index (κ3) is 31.1. The van der Waals surface area contributed by atoms with Gasteiger partial charge in [0.2, 0.25) is 0 Å². The molecule has 0 spiro atoms. The van der Waals surface area contributed by atoms with E-state index in [2.05, 4.69) is 18.9 Å². The summed E-state index contributed by atoms with van der Waals surface area (Å²) in [6, 6.07) is 0. The molecule has 0 aliphatic heterocycles. The van der Waals surface area contributed by atoms with Gasteiger partial charge in [-0.15, -0.1) is 13.2 Å². The summed E-state index contributed by atoms with van der Waals surface area (Å²) in [7, 11) is 1.50. The molecule has 0 heterocycles. The zero-order chi connectivity index (χ0) is 12.0. The number of hydrogen-bond donors (Lipinski definition) is 3. The van der Waals surface area contributed by atoms with Crippen molar-refractivity contribution >= 4 is 11.9 Å². The molecule has 0 saturated carbocycles. The molecule has 4 N–H and O–H groups in total. The van der Waals surface area contributed by atoms with Gasteiger partial charge in [0.15, 0.2) is 0 Å². The van der Waals surface area contributed by atoms with Crippen LogP contribution in [0.15, 0.2) is 13.2 Å². The quantitative estimate of drug-likeness (QED) is 0.460. The second-order valence-corrected chi connectivity index (χ2v) is 1.99. The minimum absolute atomic E-state index is 0.0628. The van der Waals surface area contributed by atoms with Crippen molar-refractivity contribution in [3.8, 4) is 0 Å². The Labute approximate surface area is 84.2 Å². The summed E-state index contributed by atoms with van der Waals surface area (Å²) in [6.45, 7) is 6.00. The van der Waals surface area contributed by atoms with Gasteiger partial charge < -0.3 is 15.9 Å². The Kier molecular flexibility index (Phi) is 23.2. The summed E-state index contributed by atoms with van der Waals surface area (Å²) in [6.07, 6.45) is 1.02. The number of carboxylic acid groups (broad SMARTS) is 2. The Morgan fingerprint density at radius 3 is 1.36 bits per heavy atom. The molecule has 0 aliphatic carbocycles. The summed E-state index contributed by atoms with van der Waals surface area (Å²) >= 11 is 0. The Morgan fingerprint density at radius 2 is 1.21 bits per heavy atom. The smallest absolute Gasteiger partial charge is 0.303 e. The molecule has 0 aromatic heterocycles. The van der Waals surface area contributed by atoms with Gasteiger partial charge in [0.05, 0.1) is 0 Å². The highest BCUT2D eigenvalue weighted by atomic mass is 16.4. The fourth-order valence-electron chi connectivity index (χ4n) is 0.552. The predicted molar refractivity (Wildman–Crippen MR) is 55.1 cm³/mol. The lowest BCUT2D eigenvalue weighted by Gasteiger charge is -1.92. The summed E-state index contributed by atoms with van der Waals surface area (Å²) in [5.74, 6) is -1.74. The maximum absolute atomic E-state index is 9.90. The van der Waals surface area contributed by atoms with E-state index in [0.717, 1.165) is 0 Å². The molecule has 84 valence electrons. The number of nitrogens with two attached hydrogens (primary N) is 1. The highest BCUT2D eigenvalue weighted by Gasteiger charge is 1.99. The second kappa shape index (κ2) is 17.7. The predicted octanol–water partition coefficient (Wildman–Crippen LogP) is 1.09. The number of carboxylic acids is 2. The van der Waals surface area contributed by atoms with Crippen LogP contribution in [0, 0.1) is 0 Å². The van der Waals surface area contributed by atoms with E-state index in [0.29, 0.717) is 12.8 Å². The molecule has 0 amide bonds. The lowest BCUT2D eigenvalue weighted by molar-refractivity contribution is -0.139. The van der Waals surface area contributed by atoms with E-state index in [9.17, 15) is 9.59 Å². The fraction of sp³-hybridized carbons (Fsp3) is 0.556. The van der Waals surface area contributed by atoms with E-state index in [1.165, 1.54) is 7.05 Å². The van der Waals surface area contributed by atoms with Crippen molar-refractivity contribution in [1.82, 2.24) is 0 Å². The molecule has 0 rings (SSSR count). The SMILES string of the molecule is C=C.CN.O=C(O)CCCCC(=O)O. The fourth-order valence-corrected chi connectivity index (χ4v) is 0.552. The first-order chi connectivity index (χ1) is 6.63. The molecule has 0 unspecified atom stereocenters. The van der Waals surface area contributed by atoms with Crippen LogP contribution in [0.4, 0.5) is 0 Å². The Morgan fingerprint density at radius 1 is 1.00 bits per heavy atom. The average Bonchev–Trinajstić information content (AvgIpc) is 2.18. The number of carbonyl (C=O) groups is 2. The molecule has 0 aliphatic rings. The van der Waals surface area contributed by atoms with Crippen molar-refractivity contribution in [3.05, 3.63) is 13.2 Å². The summed E-state index contributed by atoms with van der Waals surface area (Å²) in [5, 5.41) is 16.3. The Hall–Kier alpha value is -1.36. The van der Waals surface area contributed by atoms with Crippen LogP contribution in [-0.2, 0) is 9.59 Å². The van der Waals surface area contributed by atoms with E-state index < -0.39 is 11.9 Å². The first kappa shape index (κ1) is 18.4. The van der Waals surface area contributed by atoms with Crippen molar-refractivity contribution in [2.45, 2.75) is 25.7 Å². The van der Waals surface area contributed by atoms with Crippen molar-refractivity contribution in [2.24, 2.45) is 5.73 Å². The monoisotopic (exact) mass is 205 g/mol. The first-order valence-electron chi connectivity index (χ1n) is 4.14. The van der Waals surface area contributed by atoms with Crippen LogP contribution >= 0.6 is 0 Å². The van der Waals surface area contributed by atoms with Crippen molar-refractivity contribution in [2.75, 3.05) is 7.05 Å². The average molecular weight is 205 g/mol. The largest absolute Gasteiger partial charge is 0.481 e. The van der Waals surface area contributed by atoms with Gasteiger partial charge in [-0.05, 0) is 19.9 Å². The number of rotatable bonds is 5. The van der Waals surface area contributed by atoms with Gasteiger partial charge in [-0.25, -0.2) is 0 Å². The summed E-state index contributed by atoms with van der Waals surface area (Å²) < 4.78 is 0. The van der Waals surface area contributed by atoms with Crippen molar-refractivity contribution < 1.29 is 19.8 Å². The van der Waals surface area contributed by atoms with Gasteiger partial charge in [-0.3, -0.25) is 9.59 Å². The van der Waals surface area contributed by atoms with Gasteiger partial charge in [0.25, 0.3) is 0 Å². The van der Waals surface area contributed by atoms with E-state index in [4.69, 9.17) is 10.2 Å². The van der Waals surface area contributed by atoms with Gasteiger partial charge in [-0.1, -0.05) is 0 Å². The molecule has 0 bridgehead atoms. The molecule has 0 fully saturated rings. The van der Waals surface area contributed by atoms with E-state index in [-0.39, 0.29) is 12.8 Å². The zero-order valence-electron chi connectivity index (χ0n) is 8.53. The number of aliphatic carboxylic acids is 2. The molecule has 0 saturated heterocycles. The lowest BCUT2D eigenvalue weighted by atomic mass is 10.2. The highest BCUT2D eigenvalue weighted by molar-refractivity contribution is 5.67. The molecule has 0 aromatic rings. The lowest BCUT2D eigenvalue weighted by Crippen LogP contribution is -1.97. The first-order valence-corrected chi connectivity index (χ1v) is 4.14. The topological polar surface area (TPSA) is 101 Å². The van der Waals surface area contributed by atoms with Gasteiger partial charge >= 0.3 is 11.9 Å². The second-order valence-electron chi connectivity index (χ2n) is 1.99. The van der Waals surface area contributed by atoms with Crippen molar-refractivity contribution in [1.29, 1.82) is 0 Å². The van der Waals surface area contributed by atoms with Crippen molar-refractivity contribution in [3.63, 3.8) is 0 Å². The third-order valence-electron chi connectivity index (χ3n) is 1.03. The zero-order valence-corrected chi connectivity index (χ0v) is 8.53. The van der Waals surface area contributed by atoms with Crippen LogP contribution in [0.2, 0.25) is 0 Å². The maximum atomic E-state index is 9.90. The Balaban J connectivity index is -0.000000266. The molecule has 0 aromatic carbocycles. The van der Waals surface area contributed by atoms with E-state index in [1.54, 1.807) is 0 Å². The normalized spacial score (nSPS) is 7.29. The van der Waals surface area contributed by atoms with Crippen LogP contribution in [0.3, 0.4) is 0 Å². The molecule has 14 heavy (non-hydrogen) atoms. The Bertz CT molecular complexity index is 132. The molecular weight excluding hydrogens is 186 g/mol. The number of hydrogen-bond acceptors (Lipinski definition) is 3. The van der Waals surface area contributed by atoms with Gasteiger partial charge in [-0.2, -0.15) is 0 Å². The van der Waals surface area contributed by atoms with Gasteiger partial charge in [0, 0.05) is 12.8 Å². The maximum Gasteiger partial charge on any atom is 0.303 e. The van der Waals surface area contributed by atoms with Crippen LogP contribution < -0.4 is 5.73 Å². The van der Waals surface area contributed by atoms with Crippen LogP contribution in [-0.4, -0.2) is 29.2 Å². The summed E-state index contributed by atoms with van der Waals surface area (Å²) in [5.41, 5.74) is 4.50. The molecular formula is C9H19NO4. The molecule has 0 atom stereocenters. The highest BCUT2D eigenvalue weighted by Crippen LogP contribution is 1.98. The minimum Gasteiger partial charge on any atom is -0.481 e. The standard InChI is InChI=1S/C6H10O4.C2H4.CH5N/c7-5(8)3-1-2-4-6(9)10;2*1-2/h1-4H2,(H,7,8)(H,9,10);1-2H2;2H2,1H3. The third-order valence-corrected chi connectivity index (χ3v) is 1.03. The molecule has 5 nitrogen and oxygen atoms in total. The molecule has 5 heteroatoms. The van der Waals surface area contributed by atoms with Crippen LogP contribution in [0.1, 0.15) is 25.7 Å². The van der Waals surface area contributed by atoms with E-state index in [1.807, 2.05) is 0 Å². The van der Waals surface area contributed by atoms with Crippen LogP contribution in [0.5, 0.6) is 0 Å². The number of unbranched alkanes of at least 4 members (excludes halogenated alkanes) is 1. The minimum atomic E-state index is -0.870.